The van der Waals surface area contributed by atoms with Crippen LogP contribution in [0.5, 0.6) is 0 Å². The van der Waals surface area contributed by atoms with E-state index >= 15 is 0 Å². The number of amides is 1. The monoisotopic (exact) mass is 293 g/mol. The Labute approximate surface area is 128 Å². The van der Waals surface area contributed by atoms with Crippen molar-refractivity contribution in [3.05, 3.63) is 41.8 Å². The van der Waals surface area contributed by atoms with Gasteiger partial charge in [-0.15, -0.1) is 0 Å². The quantitative estimate of drug-likeness (QED) is 0.868. The second-order valence-corrected chi connectivity index (χ2v) is 6.26. The molecule has 1 aromatic carbocycles. The van der Waals surface area contributed by atoms with E-state index in [-0.39, 0.29) is 11.3 Å². The van der Waals surface area contributed by atoms with Gasteiger partial charge >= 0.3 is 0 Å². The lowest BCUT2D eigenvalue weighted by Crippen LogP contribution is -2.30. The minimum absolute atomic E-state index is 0.00551. The minimum atomic E-state index is -0.00551. The zero-order valence-electron chi connectivity index (χ0n) is 12.2. The van der Waals surface area contributed by atoms with Gasteiger partial charge in [0.2, 0.25) is 11.8 Å². The molecule has 2 aliphatic rings. The Morgan fingerprint density at radius 1 is 1.45 bits per heavy atom. The molecule has 0 N–H and O–H groups in total. The molecule has 5 nitrogen and oxygen atoms in total. The number of carbonyl (C=O) groups is 1. The molecule has 2 saturated carbocycles. The zero-order valence-corrected chi connectivity index (χ0v) is 12.2. The number of oxazole rings is 1. The first-order chi connectivity index (χ1) is 10.6. The summed E-state index contributed by atoms with van der Waals surface area (Å²) in [4.78, 5) is 18.4. The van der Waals surface area contributed by atoms with Crippen LogP contribution in [0.25, 0.3) is 11.5 Å². The van der Waals surface area contributed by atoms with E-state index in [0.29, 0.717) is 23.9 Å². The van der Waals surface area contributed by atoms with Crippen molar-refractivity contribution in [2.75, 3.05) is 7.05 Å². The number of benzene rings is 1. The van der Waals surface area contributed by atoms with Crippen LogP contribution in [0.1, 0.15) is 24.1 Å². The molecule has 0 unspecified atom stereocenters. The second kappa shape index (κ2) is 4.44. The minimum Gasteiger partial charge on any atom is -0.444 e. The predicted molar refractivity (Wildman–Crippen MR) is 78.3 cm³/mol. The average molecular weight is 293 g/mol. The van der Waals surface area contributed by atoms with Crippen molar-refractivity contribution < 1.29 is 9.21 Å². The molecule has 22 heavy (non-hydrogen) atoms. The van der Waals surface area contributed by atoms with Crippen LogP contribution in [0.4, 0.5) is 0 Å². The largest absolute Gasteiger partial charge is 0.444 e. The van der Waals surface area contributed by atoms with Gasteiger partial charge in [0.15, 0.2) is 0 Å². The molecular weight excluding hydrogens is 278 g/mol. The third-order valence-electron chi connectivity index (χ3n) is 4.67. The molecule has 0 radical (unpaired) electrons. The van der Waals surface area contributed by atoms with E-state index in [4.69, 9.17) is 9.68 Å². The lowest BCUT2D eigenvalue weighted by molar-refractivity contribution is -0.134. The second-order valence-electron chi connectivity index (χ2n) is 6.26. The maximum atomic E-state index is 12.3. The number of aromatic nitrogens is 1. The van der Waals surface area contributed by atoms with Gasteiger partial charge in [-0.2, -0.15) is 5.26 Å². The number of hydrogen-bond acceptors (Lipinski definition) is 4. The third kappa shape index (κ3) is 2.00. The van der Waals surface area contributed by atoms with Crippen LogP contribution in [-0.2, 0) is 11.3 Å². The molecule has 2 aliphatic carbocycles. The zero-order chi connectivity index (χ0) is 15.3. The van der Waals surface area contributed by atoms with Crippen molar-refractivity contribution in [1.82, 2.24) is 9.88 Å². The Bertz CT molecular complexity index is 779. The van der Waals surface area contributed by atoms with Crippen LogP contribution in [0, 0.1) is 22.7 Å². The van der Waals surface area contributed by atoms with Gasteiger partial charge < -0.3 is 9.32 Å². The van der Waals surface area contributed by atoms with Crippen molar-refractivity contribution in [3.63, 3.8) is 0 Å². The average Bonchev–Trinajstić information content (AvgIpc) is 3.35. The fourth-order valence-corrected chi connectivity index (χ4v) is 2.95. The van der Waals surface area contributed by atoms with Crippen molar-refractivity contribution >= 4 is 5.91 Å². The van der Waals surface area contributed by atoms with Gasteiger partial charge in [-0.1, -0.05) is 0 Å². The smallest absolute Gasteiger partial charge is 0.229 e. The Morgan fingerprint density at radius 2 is 2.14 bits per heavy atom. The van der Waals surface area contributed by atoms with E-state index in [1.165, 1.54) is 0 Å². The van der Waals surface area contributed by atoms with Gasteiger partial charge in [0.1, 0.15) is 6.26 Å². The summed E-state index contributed by atoms with van der Waals surface area (Å²) in [5, 5.41) is 8.80. The maximum absolute atomic E-state index is 12.3. The molecule has 0 atom stereocenters. The lowest BCUT2D eigenvalue weighted by Gasteiger charge is -2.17. The molecule has 0 saturated heterocycles. The van der Waals surface area contributed by atoms with Crippen LogP contribution in [-0.4, -0.2) is 22.8 Å². The molecule has 0 spiro atoms. The molecule has 110 valence electrons. The molecule has 2 fully saturated rings. The summed E-state index contributed by atoms with van der Waals surface area (Å²) in [6.45, 7) is 0.465. The Hall–Kier alpha value is -2.61. The first-order valence-corrected chi connectivity index (χ1v) is 7.33. The standard InChI is InChI=1S/C17H15N3O2/c1-20(16(21)17-6-13(17)7-17)9-14-10-22-15(19-14)12-4-2-11(8-18)3-5-12/h2-5,10,13H,6-7,9H2,1H3. The van der Waals surface area contributed by atoms with E-state index in [0.717, 1.165) is 24.1 Å². The van der Waals surface area contributed by atoms with E-state index in [1.54, 1.807) is 35.4 Å². The molecule has 5 heteroatoms. The summed E-state index contributed by atoms with van der Waals surface area (Å²) in [7, 11) is 1.82. The van der Waals surface area contributed by atoms with Crippen LogP contribution in [0.2, 0.25) is 0 Å². The van der Waals surface area contributed by atoms with Crippen LogP contribution in [0.15, 0.2) is 34.9 Å². The van der Waals surface area contributed by atoms with Gasteiger partial charge in [0.05, 0.1) is 29.3 Å². The first kappa shape index (κ1) is 13.1. The van der Waals surface area contributed by atoms with Gasteiger partial charge in [-0.25, -0.2) is 4.98 Å². The summed E-state index contributed by atoms with van der Waals surface area (Å²) < 4.78 is 5.48. The number of fused-ring (bicyclic) bond motifs is 1. The SMILES string of the molecule is CN(Cc1coc(-c2ccc(C#N)cc2)n1)C(=O)C12CC1C2. The predicted octanol–water partition coefficient (Wildman–Crippen LogP) is 2.58. The molecule has 0 aliphatic heterocycles. The highest BCUT2D eigenvalue weighted by Gasteiger charge is 2.75. The molecule has 4 rings (SSSR count). The third-order valence-corrected chi connectivity index (χ3v) is 4.67. The van der Waals surface area contributed by atoms with E-state index in [9.17, 15) is 4.79 Å². The van der Waals surface area contributed by atoms with Crippen molar-refractivity contribution in [2.24, 2.45) is 11.3 Å². The Balaban J connectivity index is 1.46. The van der Waals surface area contributed by atoms with E-state index in [1.807, 2.05) is 7.05 Å². The molecule has 1 heterocycles. The number of nitrogens with zero attached hydrogens (tertiary/aromatic N) is 3. The topological polar surface area (TPSA) is 70.1 Å². The number of nitriles is 1. The summed E-state index contributed by atoms with van der Waals surface area (Å²) >= 11 is 0. The summed E-state index contributed by atoms with van der Waals surface area (Å²) in [6.07, 6.45) is 3.71. The highest BCUT2D eigenvalue weighted by atomic mass is 16.3. The summed E-state index contributed by atoms with van der Waals surface area (Å²) in [5.74, 6) is 1.39. The normalized spacial score (nSPS) is 24.3. The fourth-order valence-electron chi connectivity index (χ4n) is 2.95. The molecule has 2 aromatic rings. The number of carbonyl (C=O) groups excluding carboxylic acids is 1. The van der Waals surface area contributed by atoms with Crippen LogP contribution < -0.4 is 0 Å². The van der Waals surface area contributed by atoms with E-state index in [2.05, 4.69) is 11.1 Å². The lowest BCUT2D eigenvalue weighted by atomic mass is 10.1. The van der Waals surface area contributed by atoms with Crippen molar-refractivity contribution in [2.45, 2.75) is 19.4 Å². The Morgan fingerprint density at radius 3 is 2.73 bits per heavy atom. The number of hydrogen-bond donors (Lipinski definition) is 0. The van der Waals surface area contributed by atoms with Crippen LogP contribution in [0.3, 0.4) is 0 Å². The highest BCUT2D eigenvalue weighted by molar-refractivity contribution is 5.89. The van der Waals surface area contributed by atoms with Gasteiger partial charge in [-0.05, 0) is 43.0 Å². The Kier molecular flexibility index (Phi) is 2.64. The van der Waals surface area contributed by atoms with Crippen molar-refractivity contribution in [3.8, 4) is 17.5 Å². The van der Waals surface area contributed by atoms with Gasteiger partial charge in [0.25, 0.3) is 0 Å². The fraction of sp³-hybridized carbons (Fsp3) is 0.353. The van der Waals surface area contributed by atoms with E-state index < -0.39 is 0 Å². The first-order valence-electron chi connectivity index (χ1n) is 7.33. The van der Waals surface area contributed by atoms with Gasteiger partial charge in [0, 0.05) is 12.6 Å². The van der Waals surface area contributed by atoms with Gasteiger partial charge in [-0.3, -0.25) is 4.79 Å². The summed E-state index contributed by atoms with van der Waals surface area (Å²) in [6, 6.07) is 9.15. The molecular formula is C17H15N3O2. The molecule has 1 aromatic heterocycles. The maximum Gasteiger partial charge on any atom is 0.229 e. The number of rotatable bonds is 4. The van der Waals surface area contributed by atoms with Crippen molar-refractivity contribution in [1.29, 1.82) is 5.26 Å². The highest BCUT2D eigenvalue weighted by Crippen LogP contribution is 2.75. The molecule has 1 amide bonds. The molecule has 0 bridgehead atoms. The summed E-state index contributed by atoms with van der Waals surface area (Å²) in [5.41, 5.74) is 2.16. The van der Waals surface area contributed by atoms with Crippen LogP contribution >= 0.6 is 0 Å².